The van der Waals surface area contributed by atoms with Crippen LogP contribution in [0, 0.1) is 6.92 Å². The summed E-state index contributed by atoms with van der Waals surface area (Å²) in [6.07, 6.45) is 1.58. The first-order valence-corrected chi connectivity index (χ1v) is 6.17. The van der Waals surface area contributed by atoms with Gasteiger partial charge in [0.15, 0.2) is 18.2 Å². The Balaban J connectivity index is 1.91. The molecule has 5 nitrogen and oxygen atoms in total. The molecule has 2 rings (SSSR count). The predicted octanol–water partition coefficient (Wildman–Crippen LogP) is 2.42. The lowest BCUT2D eigenvalue weighted by Crippen LogP contribution is -2.21. The second-order valence-electron chi connectivity index (χ2n) is 4.20. The van der Waals surface area contributed by atoms with Gasteiger partial charge in [0.1, 0.15) is 5.75 Å². The first-order chi connectivity index (χ1) is 9.69. The molecule has 0 unspecified atom stereocenters. The largest absolute Gasteiger partial charge is 0.493 e. The summed E-state index contributed by atoms with van der Waals surface area (Å²) in [6, 6.07) is 11.0. The summed E-state index contributed by atoms with van der Waals surface area (Å²) in [5.41, 5.74) is 1.14. The van der Waals surface area contributed by atoms with E-state index in [-0.39, 0.29) is 12.5 Å². The number of aromatic nitrogens is 1. The summed E-state index contributed by atoms with van der Waals surface area (Å²) in [4.78, 5) is 15.8. The highest BCUT2D eigenvalue weighted by Crippen LogP contribution is 2.19. The number of nitrogens with one attached hydrogen (secondary N) is 1. The fraction of sp³-hybridized carbons (Fsp3) is 0.200. The van der Waals surface area contributed by atoms with Crippen LogP contribution in [0.2, 0.25) is 0 Å². The van der Waals surface area contributed by atoms with Gasteiger partial charge >= 0.3 is 0 Å². The summed E-state index contributed by atoms with van der Waals surface area (Å²) in [6.45, 7) is 1.91. The number of amides is 1. The highest BCUT2D eigenvalue weighted by atomic mass is 16.5. The van der Waals surface area contributed by atoms with Gasteiger partial charge in [0.05, 0.1) is 7.11 Å². The summed E-state index contributed by atoms with van der Waals surface area (Å²) < 4.78 is 10.5. The lowest BCUT2D eigenvalue weighted by Gasteiger charge is -2.09. The van der Waals surface area contributed by atoms with Crippen molar-refractivity contribution in [1.82, 2.24) is 4.98 Å². The zero-order chi connectivity index (χ0) is 14.4. The number of ether oxygens (including phenoxy) is 2. The molecule has 0 aliphatic carbocycles. The number of carbonyl (C=O) groups is 1. The zero-order valence-electron chi connectivity index (χ0n) is 11.4. The molecule has 0 aliphatic rings. The van der Waals surface area contributed by atoms with E-state index in [0.29, 0.717) is 17.3 Å². The number of carbonyl (C=O) groups excluding carboxylic acids is 1. The predicted molar refractivity (Wildman–Crippen MR) is 76.1 cm³/mol. The molecule has 0 radical (unpaired) electrons. The second-order valence-corrected chi connectivity index (χ2v) is 4.20. The number of hydrogen-bond acceptors (Lipinski definition) is 4. The Morgan fingerprint density at radius 2 is 2.00 bits per heavy atom. The maximum Gasteiger partial charge on any atom is 0.263 e. The maximum absolute atomic E-state index is 11.8. The van der Waals surface area contributed by atoms with E-state index < -0.39 is 0 Å². The molecule has 104 valence electrons. The van der Waals surface area contributed by atoms with Gasteiger partial charge in [0, 0.05) is 6.20 Å². The Morgan fingerprint density at radius 1 is 1.25 bits per heavy atom. The van der Waals surface area contributed by atoms with Crippen LogP contribution in [0.25, 0.3) is 0 Å². The fourth-order valence-corrected chi connectivity index (χ4v) is 1.60. The van der Waals surface area contributed by atoms with Crippen LogP contribution in [0.3, 0.4) is 0 Å². The molecule has 2 aromatic rings. The van der Waals surface area contributed by atoms with E-state index in [1.807, 2.05) is 31.2 Å². The number of benzene rings is 1. The number of pyridine rings is 1. The van der Waals surface area contributed by atoms with Gasteiger partial charge in [-0.25, -0.2) is 4.98 Å². The van der Waals surface area contributed by atoms with Crippen LogP contribution >= 0.6 is 0 Å². The molecule has 0 saturated heterocycles. The standard InChI is InChI=1S/C15H16N2O3/c1-11-5-7-12(8-6-11)20-10-14(18)17-15-13(19-2)4-3-9-16-15/h3-9H,10H2,1-2H3,(H,16,17,18). The molecule has 1 N–H and O–H groups in total. The van der Waals surface area contributed by atoms with Crippen molar-refractivity contribution in [2.75, 3.05) is 19.0 Å². The van der Waals surface area contributed by atoms with Crippen molar-refractivity contribution in [3.8, 4) is 11.5 Å². The normalized spacial score (nSPS) is 9.90. The van der Waals surface area contributed by atoms with Crippen LogP contribution in [0.5, 0.6) is 11.5 Å². The highest BCUT2D eigenvalue weighted by molar-refractivity contribution is 5.92. The second kappa shape index (κ2) is 6.56. The van der Waals surface area contributed by atoms with E-state index in [9.17, 15) is 4.79 Å². The lowest BCUT2D eigenvalue weighted by molar-refractivity contribution is -0.118. The summed E-state index contributed by atoms with van der Waals surface area (Å²) in [5.74, 6) is 1.25. The number of hydrogen-bond donors (Lipinski definition) is 1. The van der Waals surface area contributed by atoms with Gasteiger partial charge in [-0.15, -0.1) is 0 Å². The van der Waals surface area contributed by atoms with Crippen molar-refractivity contribution in [2.45, 2.75) is 6.92 Å². The lowest BCUT2D eigenvalue weighted by atomic mass is 10.2. The Labute approximate surface area is 117 Å². The average molecular weight is 272 g/mol. The van der Waals surface area contributed by atoms with Gasteiger partial charge in [-0.05, 0) is 31.2 Å². The van der Waals surface area contributed by atoms with E-state index in [1.54, 1.807) is 18.3 Å². The van der Waals surface area contributed by atoms with Crippen LogP contribution < -0.4 is 14.8 Å². The fourth-order valence-electron chi connectivity index (χ4n) is 1.60. The number of rotatable bonds is 5. The van der Waals surface area contributed by atoms with Crippen LogP contribution in [-0.4, -0.2) is 24.6 Å². The molecule has 0 atom stereocenters. The summed E-state index contributed by atoms with van der Waals surface area (Å²) in [7, 11) is 1.52. The SMILES string of the molecule is COc1cccnc1NC(=O)COc1ccc(C)cc1. The summed E-state index contributed by atoms with van der Waals surface area (Å²) >= 11 is 0. The van der Waals surface area contributed by atoms with Gasteiger partial charge in [0.25, 0.3) is 5.91 Å². The third-order valence-corrected chi connectivity index (χ3v) is 2.64. The van der Waals surface area contributed by atoms with Crippen molar-refractivity contribution in [3.05, 3.63) is 48.2 Å². The van der Waals surface area contributed by atoms with Crippen molar-refractivity contribution in [2.24, 2.45) is 0 Å². The Kier molecular flexibility index (Phi) is 4.55. The van der Waals surface area contributed by atoms with Crippen molar-refractivity contribution < 1.29 is 14.3 Å². The first-order valence-electron chi connectivity index (χ1n) is 6.17. The van der Waals surface area contributed by atoms with Crippen molar-refractivity contribution in [3.63, 3.8) is 0 Å². The number of anilines is 1. The Bertz CT molecular complexity index is 582. The molecular weight excluding hydrogens is 256 g/mol. The molecule has 1 aromatic heterocycles. The van der Waals surface area contributed by atoms with Crippen LogP contribution in [0.1, 0.15) is 5.56 Å². The number of nitrogens with zero attached hydrogens (tertiary/aromatic N) is 1. The van der Waals surface area contributed by atoms with Crippen molar-refractivity contribution >= 4 is 11.7 Å². The maximum atomic E-state index is 11.8. The van der Waals surface area contributed by atoms with Crippen molar-refractivity contribution in [1.29, 1.82) is 0 Å². The monoisotopic (exact) mass is 272 g/mol. The Morgan fingerprint density at radius 3 is 2.70 bits per heavy atom. The van der Waals surface area contributed by atoms with E-state index in [1.165, 1.54) is 7.11 Å². The smallest absolute Gasteiger partial charge is 0.263 e. The van der Waals surface area contributed by atoms with Gasteiger partial charge < -0.3 is 14.8 Å². The minimum Gasteiger partial charge on any atom is -0.493 e. The molecule has 0 bridgehead atoms. The molecule has 1 amide bonds. The molecular formula is C15H16N2O3. The van der Waals surface area contributed by atoms with Gasteiger partial charge in [-0.1, -0.05) is 17.7 Å². The molecule has 0 saturated carbocycles. The molecule has 20 heavy (non-hydrogen) atoms. The molecule has 5 heteroatoms. The average Bonchev–Trinajstić information content (AvgIpc) is 2.47. The first kappa shape index (κ1) is 13.9. The minimum atomic E-state index is -0.289. The molecule has 1 heterocycles. The zero-order valence-corrected chi connectivity index (χ0v) is 11.4. The van der Waals surface area contributed by atoms with Crippen LogP contribution in [0.4, 0.5) is 5.82 Å². The molecule has 1 aromatic carbocycles. The van der Waals surface area contributed by atoms with Gasteiger partial charge in [0.2, 0.25) is 0 Å². The highest BCUT2D eigenvalue weighted by Gasteiger charge is 2.08. The topological polar surface area (TPSA) is 60.5 Å². The summed E-state index contributed by atoms with van der Waals surface area (Å²) in [5, 5.41) is 2.64. The number of methoxy groups -OCH3 is 1. The van der Waals surface area contributed by atoms with E-state index in [0.717, 1.165) is 5.56 Å². The number of aryl methyl sites for hydroxylation is 1. The van der Waals surface area contributed by atoms with E-state index >= 15 is 0 Å². The Hall–Kier alpha value is -2.56. The molecule has 0 fully saturated rings. The minimum absolute atomic E-state index is 0.0806. The van der Waals surface area contributed by atoms with E-state index in [4.69, 9.17) is 9.47 Å². The van der Waals surface area contributed by atoms with Gasteiger partial charge in [-0.3, -0.25) is 4.79 Å². The van der Waals surface area contributed by atoms with Crippen LogP contribution in [-0.2, 0) is 4.79 Å². The van der Waals surface area contributed by atoms with Gasteiger partial charge in [-0.2, -0.15) is 0 Å². The van der Waals surface area contributed by atoms with Crippen LogP contribution in [0.15, 0.2) is 42.6 Å². The quantitative estimate of drug-likeness (QED) is 0.908. The third-order valence-electron chi connectivity index (χ3n) is 2.64. The molecule has 0 aliphatic heterocycles. The van der Waals surface area contributed by atoms with E-state index in [2.05, 4.69) is 10.3 Å². The third kappa shape index (κ3) is 3.71. The molecule has 0 spiro atoms.